The normalized spacial score (nSPS) is 22.3. The lowest BCUT2D eigenvalue weighted by Crippen LogP contribution is -2.37. The summed E-state index contributed by atoms with van der Waals surface area (Å²) in [6.07, 6.45) is 4.94. The maximum absolute atomic E-state index is 11.1. The van der Waals surface area contributed by atoms with Crippen LogP contribution in [0.5, 0.6) is 11.5 Å². The van der Waals surface area contributed by atoms with E-state index in [1.807, 2.05) is 0 Å². The largest absolute Gasteiger partial charge is 0.492 e. The van der Waals surface area contributed by atoms with Gasteiger partial charge in [0.25, 0.3) is 0 Å². The first kappa shape index (κ1) is 24.6. The van der Waals surface area contributed by atoms with Crippen LogP contribution < -0.4 is 9.47 Å². The summed E-state index contributed by atoms with van der Waals surface area (Å²) in [5, 5.41) is 12.0. The molecule has 2 aliphatic heterocycles. The van der Waals surface area contributed by atoms with Gasteiger partial charge in [-0.15, -0.1) is 0 Å². The van der Waals surface area contributed by atoms with Gasteiger partial charge in [-0.05, 0) is 81.6 Å². The summed E-state index contributed by atoms with van der Waals surface area (Å²) in [4.78, 5) is 4.87. The minimum absolute atomic E-state index is 0.252. The average Bonchev–Trinajstić information content (AvgIpc) is 3.26. The van der Waals surface area contributed by atoms with Crippen molar-refractivity contribution >= 4 is 23.2 Å². The molecule has 0 spiro atoms. The summed E-state index contributed by atoms with van der Waals surface area (Å²) in [5.74, 6) is 1.56. The van der Waals surface area contributed by atoms with Crippen molar-refractivity contribution in [3.8, 4) is 11.5 Å². The summed E-state index contributed by atoms with van der Waals surface area (Å²) in [6, 6.07) is 13.6. The van der Waals surface area contributed by atoms with Crippen molar-refractivity contribution in [1.29, 1.82) is 0 Å². The number of rotatable bonds is 9. The molecule has 2 aliphatic rings. The van der Waals surface area contributed by atoms with Gasteiger partial charge >= 0.3 is 0 Å². The number of halogens is 2. The van der Waals surface area contributed by atoms with E-state index in [2.05, 4.69) is 34.1 Å². The monoisotopic (exact) mass is 492 g/mol. The number of benzene rings is 2. The highest BCUT2D eigenvalue weighted by molar-refractivity contribution is 6.42. The average molecular weight is 493 g/mol. The summed E-state index contributed by atoms with van der Waals surface area (Å²) in [7, 11) is 0. The first-order valence-corrected chi connectivity index (χ1v) is 12.7. The SMILES string of the molecule is O[C@@]1(COc2ccc(Cl)c(Cl)c2)CCCN(Cc2ccc(OCCN3CCCC3)cc2)CC1. The first-order valence-electron chi connectivity index (χ1n) is 12.0. The van der Waals surface area contributed by atoms with Gasteiger partial charge in [-0.2, -0.15) is 0 Å². The molecule has 2 aromatic carbocycles. The number of hydrogen-bond donors (Lipinski definition) is 1. The molecule has 2 heterocycles. The Kier molecular flexibility index (Phi) is 8.78. The predicted molar refractivity (Wildman–Crippen MR) is 134 cm³/mol. The highest BCUT2D eigenvalue weighted by Crippen LogP contribution is 2.29. The molecule has 2 aromatic rings. The van der Waals surface area contributed by atoms with E-state index in [1.165, 1.54) is 31.5 Å². The van der Waals surface area contributed by atoms with Gasteiger partial charge in [0.15, 0.2) is 0 Å². The van der Waals surface area contributed by atoms with Crippen LogP contribution in [0.25, 0.3) is 0 Å². The van der Waals surface area contributed by atoms with Crippen molar-refractivity contribution < 1.29 is 14.6 Å². The maximum atomic E-state index is 11.1. The van der Waals surface area contributed by atoms with E-state index >= 15 is 0 Å². The van der Waals surface area contributed by atoms with Crippen LogP contribution in [0.15, 0.2) is 42.5 Å². The van der Waals surface area contributed by atoms with Crippen LogP contribution >= 0.6 is 23.2 Å². The Morgan fingerprint density at radius 3 is 2.27 bits per heavy atom. The van der Waals surface area contributed by atoms with Crippen molar-refractivity contribution in [2.24, 2.45) is 0 Å². The third-order valence-electron chi connectivity index (χ3n) is 6.61. The molecule has 0 amide bonds. The molecule has 0 aromatic heterocycles. The van der Waals surface area contributed by atoms with E-state index in [1.54, 1.807) is 18.2 Å². The molecule has 33 heavy (non-hydrogen) atoms. The second-order valence-corrected chi connectivity index (χ2v) is 10.1. The lowest BCUT2D eigenvalue weighted by atomic mass is 9.96. The zero-order valence-corrected chi connectivity index (χ0v) is 20.7. The molecule has 0 bridgehead atoms. The highest BCUT2D eigenvalue weighted by Gasteiger charge is 2.31. The smallest absolute Gasteiger partial charge is 0.121 e. The molecule has 1 atom stereocenters. The predicted octanol–water partition coefficient (Wildman–Crippen LogP) is 5.26. The topological polar surface area (TPSA) is 45.2 Å². The minimum atomic E-state index is -0.839. The molecule has 5 nitrogen and oxygen atoms in total. The van der Waals surface area contributed by atoms with E-state index in [0.29, 0.717) is 28.6 Å². The van der Waals surface area contributed by atoms with Gasteiger partial charge < -0.3 is 14.6 Å². The van der Waals surface area contributed by atoms with E-state index in [0.717, 1.165) is 45.0 Å². The molecule has 180 valence electrons. The van der Waals surface area contributed by atoms with Gasteiger partial charge in [-0.1, -0.05) is 35.3 Å². The van der Waals surface area contributed by atoms with Gasteiger partial charge in [0, 0.05) is 25.7 Å². The molecule has 2 saturated heterocycles. The summed E-state index contributed by atoms with van der Waals surface area (Å²) in [5.41, 5.74) is 0.424. The second kappa shape index (κ2) is 11.8. The number of likely N-dealkylation sites (tertiary alicyclic amines) is 2. The Labute approximate surface area is 207 Å². The van der Waals surface area contributed by atoms with Crippen molar-refractivity contribution in [3.63, 3.8) is 0 Å². The summed E-state index contributed by atoms with van der Waals surface area (Å²) < 4.78 is 11.8. The van der Waals surface area contributed by atoms with Crippen LogP contribution in [-0.4, -0.2) is 66.4 Å². The fourth-order valence-electron chi connectivity index (χ4n) is 4.57. The van der Waals surface area contributed by atoms with Crippen LogP contribution in [0.2, 0.25) is 10.0 Å². The lowest BCUT2D eigenvalue weighted by Gasteiger charge is -2.27. The molecular formula is C26H34Cl2N2O3. The van der Waals surface area contributed by atoms with Gasteiger partial charge in [0.2, 0.25) is 0 Å². The summed E-state index contributed by atoms with van der Waals surface area (Å²) in [6.45, 7) is 7.07. The maximum Gasteiger partial charge on any atom is 0.121 e. The lowest BCUT2D eigenvalue weighted by molar-refractivity contribution is -0.0168. The molecule has 0 unspecified atom stereocenters. The Hall–Kier alpha value is -1.50. The van der Waals surface area contributed by atoms with Crippen molar-refractivity contribution in [2.75, 3.05) is 45.9 Å². The second-order valence-electron chi connectivity index (χ2n) is 9.26. The van der Waals surface area contributed by atoms with E-state index < -0.39 is 5.60 Å². The third-order valence-corrected chi connectivity index (χ3v) is 7.35. The Balaban J connectivity index is 1.21. The first-order chi connectivity index (χ1) is 16.0. The van der Waals surface area contributed by atoms with E-state index in [9.17, 15) is 5.11 Å². The minimum Gasteiger partial charge on any atom is -0.492 e. The number of nitrogens with zero attached hydrogens (tertiary/aromatic N) is 2. The van der Waals surface area contributed by atoms with Crippen LogP contribution in [-0.2, 0) is 6.54 Å². The molecule has 7 heteroatoms. The Morgan fingerprint density at radius 2 is 1.52 bits per heavy atom. The Bertz CT molecular complexity index is 890. The number of ether oxygens (including phenoxy) is 2. The molecule has 0 saturated carbocycles. The highest BCUT2D eigenvalue weighted by atomic mass is 35.5. The quantitative estimate of drug-likeness (QED) is 0.516. The van der Waals surface area contributed by atoms with Crippen LogP contribution in [0.1, 0.15) is 37.7 Å². The van der Waals surface area contributed by atoms with Crippen LogP contribution in [0.3, 0.4) is 0 Å². The standard InChI is InChI=1S/C26H34Cl2N2O3/c27-24-9-8-23(18-25(24)28)33-20-26(31)10-3-14-30(15-11-26)19-21-4-6-22(7-5-21)32-17-16-29-12-1-2-13-29/h4-9,18,31H,1-3,10-17,19-20H2/t26-/m0/s1. The van der Waals surface area contributed by atoms with Crippen molar-refractivity contribution in [2.45, 2.75) is 44.2 Å². The molecule has 0 aliphatic carbocycles. The zero-order chi connectivity index (χ0) is 23.1. The molecular weight excluding hydrogens is 459 g/mol. The van der Waals surface area contributed by atoms with Gasteiger partial charge in [0.05, 0.1) is 15.6 Å². The summed E-state index contributed by atoms with van der Waals surface area (Å²) >= 11 is 12.0. The van der Waals surface area contributed by atoms with Crippen LogP contribution in [0.4, 0.5) is 0 Å². The molecule has 1 N–H and O–H groups in total. The van der Waals surface area contributed by atoms with Crippen molar-refractivity contribution in [1.82, 2.24) is 9.80 Å². The third kappa shape index (κ3) is 7.49. The number of aliphatic hydroxyl groups is 1. The number of hydrogen-bond acceptors (Lipinski definition) is 5. The van der Waals surface area contributed by atoms with E-state index in [4.69, 9.17) is 32.7 Å². The molecule has 2 fully saturated rings. The zero-order valence-electron chi connectivity index (χ0n) is 19.1. The van der Waals surface area contributed by atoms with Gasteiger partial charge in [0.1, 0.15) is 24.7 Å². The van der Waals surface area contributed by atoms with E-state index in [-0.39, 0.29) is 6.61 Å². The van der Waals surface area contributed by atoms with Gasteiger partial charge in [-0.25, -0.2) is 0 Å². The van der Waals surface area contributed by atoms with Crippen LogP contribution in [0, 0.1) is 0 Å². The van der Waals surface area contributed by atoms with Gasteiger partial charge in [-0.3, -0.25) is 9.80 Å². The Morgan fingerprint density at radius 1 is 0.788 bits per heavy atom. The molecule has 0 radical (unpaired) electrons. The molecule has 4 rings (SSSR count). The van der Waals surface area contributed by atoms with Crippen molar-refractivity contribution in [3.05, 3.63) is 58.1 Å². The fraction of sp³-hybridized carbons (Fsp3) is 0.538. The fourth-order valence-corrected chi connectivity index (χ4v) is 4.86.